The molecule has 2 heterocycles. The lowest BCUT2D eigenvalue weighted by Gasteiger charge is -2.46. The lowest BCUT2D eigenvalue weighted by atomic mass is 9.81. The SMILES string of the molecule is COc1cccc([C@@H](O)CN2CCC3(CC2)C[C@@H](O)c2cc(C)c(C)cc2O3)c1. The highest BCUT2D eigenvalue weighted by Gasteiger charge is 2.43. The fraction of sp³-hybridized carbons (Fsp3) is 0.500. The minimum absolute atomic E-state index is 0.314. The summed E-state index contributed by atoms with van der Waals surface area (Å²) in [6, 6.07) is 11.7. The van der Waals surface area contributed by atoms with Crippen LogP contribution in [0.25, 0.3) is 0 Å². The molecule has 2 aromatic carbocycles. The van der Waals surface area contributed by atoms with Crippen molar-refractivity contribution in [2.75, 3.05) is 26.7 Å². The second kappa shape index (κ2) is 7.98. The number of aryl methyl sites for hydroxylation is 2. The average molecular weight is 398 g/mol. The minimum atomic E-state index is -0.552. The topological polar surface area (TPSA) is 62.2 Å². The number of β-amino-alcohol motifs (C(OH)–C–C–N with tert-alkyl or cyclic N) is 1. The summed E-state index contributed by atoms with van der Waals surface area (Å²) in [6.07, 6.45) is 1.30. The van der Waals surface area contributed by atoms with Crippen LogP contribution >= 0.6 is 0 Å². The summed E-state index contributed by atoms with van der Waals surface area (Å²) in [6.45, 7) is 6.41. The van der Waals surface area contributed by atoms with Crippen LogP contribution < -0.4 is 9.47 Å². The Labute approximate surface area is 172 Å². The van der Waals surface area contributed by atoms with Crippen molar-refractivity contribution in [3.8, 4) is 11.5 Å². The van der Waals surface area contributed by atoms with Crippen molar-refractivity contribution in [2.45, 2.75) is 50.9 Å². The molecule has 1 spiro atoms. The molecule has 0 aromatic heterocycles. The molecule has 0 amide bonds. The number of hydrogen-bond acceptors (Lipinski definition) is 5. The molecule has 5 heteroatoms. The van der Waals surface area contributed by atoms with Gasteiger partial charge in [0.2, 0.25) is 0 Å². The van der Waals surface area contributed by atoms with Crippen molar-refractivity contribution in [3.63, 3.8) is 0 Å². The van der Waals surface area contributed by atoms with Gasteiger partial charge in [-0.2, -0.15) is 0 Å². The molecular formula is C24H31NO4. The van der Waals surface area contributed by atoms with E-state index in [0.717, 1.165) is 48.6 Å². The maximum Gasteiger partial charge on any atom is 0.126 e. The van der Waals surface area contributed by atoms with Gasteiger partial charge in [-0.15, -0.1) is 0 Å². The first-order chi connectivity index (χ1) is 13.9. The first-order valence-electron chi connectivity index (χ1n) is 10.4. The lowest BCUT2D eigenvalue weighted by molar-refractivity contribution is -0.0588. The van der Waals surface area contributed by atoms with Crippen LogP contribution in [0.3, 0.4) is 0 Å². The highest BCUT2D eigenvalue weighted by molar-refractivity contribution is 5.45. The summed E-state index contributed by atoms with van der Waals surface area (Å²) in [5.74, 6) is 1.59. The molecule has 1 fully saturated rings. The van der Waals surface area contributed by atoms with E-state index < -0.39 is 12.2 Å². The van der Waals surface area contributed by atoms with Gasteiger partial charge >= 0.3 is 0 Å². The normalized spacial score (nSPS) is 22.0. The molecule has 0 aliphatic carbocycles. The second-order valence-electron chi connectivity index (χ2n) is 8.57. The molecular weight excluding hydrogens is 366 g/mol. The van der Waals surface area contributed by atoms with Crippen LogP contribution in [0.15, 0.2) is 36.4 Å². The van der Waals surface area contributed by atoms with E-state index in [2.05, 4.69) is 30.9 Å². The minimum Gasteiger partial charge on any atom is -0.497 e. The van der Waals surface area contributed by atoms with Crippen LogP contribution in [0.4, 0.5) is 0 Å². The first-order valence-corrected chi connectivity index (χ1v) is 10.4. The first kappa shape index (κ1) is 20.2. The van der Waals surface area contributed by atoms with Gasteiger partial charge in [-0.3, -0.25) is 0 Å². The largest absolute Gasteiger partial charge is 0.497 e. The third-order valence-corrected chi connectivity index (χ3v) is 6.55. The van der Waals surface area contributed by atoms with Gasteiger partial charge in [0.25, 0.3) is 0 Å². The van der Waals surface area contributed by atoms with Crippen LogP contribution in [0, 0.1) is 13.8 Å². The molecule has 2 aliphatic heterocycles. The second-order valence-corrected chi connectivity index (χ2v) is 8.57. The molecule has 0 bridgehead atoms. The Morgan fingerprint density at radius 3 is 2.62 bits per heavy atom. The number of benzene rings is 2. The molecule has 4 rings (SSSR count). The van der Waals surface area contributed by atoms with Crippen molar-refractivity contribution in [1.29, 1.82) is 0 Å². The molecule has 0 unspecified atom stereocenters. The van der Waals surface area contributed by atoms with E-state index in [1.165, 1.54) is 11.1 Å². The number of nitrogens with zero attached hydrogens (tertiary/aromatic N) is 1. The number of aliphatic hydroxyl groups is 2. The van der Waals surface area contributed by atoms with Gasteiger partial charge in [0.1, 0.15) is 17.1 Å². The third kappa shape index (κ3) is 4.13. The monoisotopic (exact) mass is 397 g/mol. The van der Waals surface area contributed by atoms with E-state index in [0.29, 0.717) is 13.0 Å². The zero-order valence-electron chi connectivity index (χ0n) is 17.5. The van der Waals surface area contributed by atoms with Gasteiger partial charge in [0.15, 0.2) is 0 Å². The Balaban J connectivity index is 1.40. The van der Waals surface area contributed by atoms with Gasteiger partial charge in [0.05, 0.1) is 19.3 Å². The molecule has 2 atom stereocenters. The van der Waals surface area contributed by atoms with Gasteiger partial charge in [-0.1, -0.05) is 12.1 Å². The number of likely N-dealkylation sites (tertiary alicyclic amines) is 1. The zero-order valence-corrected chi connectivity index (χ0v) is 17.5. The van der Waals surface area contributed by atoms with Gasteiger partial charge < -0.3 is 24.6 Å². The van der Waals surface area contributed by atoms with E-state index in [1.54, 1.807) is 7.11 Å². The number of methoxy groups -OCH3 is 1. The molecule has 29 heavy (non-hydrogen) atoms. The Morgan fingerprint density at radius 1 is 1.17 bits per heavy atom. The quantitative estimate of drug-likeness (QED) is 0.824. The molecule has 0 saturated carbocycles. The predicted octanol–water partition coefficient (Wildman–Crippen LogP) is 3.70. The Hall–Kier alpha value is -2.08. The van der Waals surface area contributed by atoms with Crippen LogP contribution in [0.1, 0.15) is 53.7 Å². The summed E-state index contributed by atoms with van der Waals surface area (Å²) >= 11 is 0. The van der Waals surface area contributed by atoms with Gasteiger partial charge in [0, 0.05) is 31.6 Å². The van der Waals surface area contributed by atoms with Crippen molar-refractivity contribution in [3.05, 3.63) is 58.7 Å². The Morgan fingerprint density at radius 2 is 1.90 bits per heavy atom. The number of ether oxygens (including phenoxy) is 2. The van der Waals surface area contributed by atoms with E-state index in [9.17, 15) is 10.2 Å². The Bertz CT molecular complexity index is 873. The molecule has 2 aromatic rings. The summed E-state index contributed by atoms with van der Waals surface area (Å²) in [7, 11) is 1.63. The predicted molar refractivity (Wildman–Crippen MR) is 112 cm³/mol. The fourth-order valence-corrected chi connectivity index (χ4v) is 4.55. The average Bonchev–Trinajstić information content (AvgIpc) is 2.71. The van der Waals surface area contributed by atoms with Crippen LogP contribution in [0.5, 0.6) is 11.5 Å². The van der Waals surface area contributed by atoms with E-state index in [-0.39, 0.29) is 5.60 Å². The lowest BCUT2D eigenvalue weighted by Crippen LogP contribution is -2.51. The summed E-state index contributed by atoms with van der Waals surface area (Å²) < 4.78 is 11.7. The number of aliphatic hydroxyl groups excluding tert-OH is 2. The number of piperidine rings is 1. The fourth-order valence-electron chi connectivity index (χ4n) is 4.55. The molecule has 5 nitrogen and oxygen atoms in total. The number of rotatable bonds is 4. The zero-order chi connectivity index (χ0) is 20.6. The number of hydrogen-bond donors (Lipinski definition) is 2. The standard InChI is InChI=1S/C24H31NO4/c1-16-11-20-21(26)14-24(29-23(20)12-17(16)2)7-9-25(10-8-24)15-22(27)18-5-4-6-19(13-18)28-3/h4-6,11-13,21-22,26-27H,7-10,14-15H2,1-3H3/t21-,22+/m1/s1. The maximum atomic E-state index is 10.8. The highest BCUT2D eigenvalue weighted by atomic mass is 16.5. The van der Waals surface area contributed by atoms with Crippen molar-refractivity contribution in [2.24, 2.45) is 0 Å². The van der Waals surface area contributed by atoms with Crippen LogP contribution in [-0.4, -0.2) is 47.5 Å². The van der Waals surface area contributed by atoms with Crippen LogP contribution in [-0.2, 0) is 0 Å². The third-order valence-electron chi connectivity index (χ3n) is 6.55. The summed E-state index contributed by atoms with van der Waals surface area (Å²) in [4.78, 5) is 2.28. The molecule has 0 radical (unpaired) electrons. The van der Waals surface area contributed by atoms with E-state index >= 15 is 0 Å². The highest BCUT2D eigenvalue weighted by Crippen LogP contribution is 2.45. The van der Waals surface area contributed by atoms with Gasteiger partial charge in [-0.05, 0) is 67.6 Å². The molecule has 2 aliphatic rings. The van der Waals surface area contributed by atoms with Gasteiger partial charge in [-0.25, -0.2) is 0 Å². The smallest absolute Gasteiger partial charge is 0.126 e. The van der Waals surface area contributed by atoms with Crippen molar-refractivity contribution < 1.29 is 19.7 Å². The summed E-state index contributed by atoms with van der Waals surface area (Å²) in [5, 5.41) is 21.4. The van der Waals surface area contributed by atoms with Crippen molar-refractivity contribution in [1.82, 2.24) is 4.90 Å². The van der Waals surface area contributed by atoms with Crippen LogP contribution in [0.2, 0.25) is 0 Å². The maximum absolute atomic E-state index is 10.8. The number of fused-ring (bicyclic) bond motifs is 1. The summed E-state index contributed by atoms with van der Waals surface area (Å²) in [5.41, 5.74) is 3.84. The van der Waals surface area contributed by atoms with Crippen molar-refractivity contribution >= 4 is 0 Å². The Kier molecular flexibility index (Phi) is 5.56. The molecule has 1 saturated heterocycles. The molecule has 2 N–H and O–H groups in total. The molecule has 156 valence electrons. The van der Waals surface area contributed by atoms with E-state index in [4.69, 9.17) is 9.47 Å². The van der Waals surface area contributed by atoms with E-state index in [1.807, 2.05) is 24.3 Å².